The highest BCUT2D eigenvalue weighted by molar-refractivity contribution is 6.01. The topological polar surface area (TPSA) is 101 Å². The molecule has 0 saturated heterocycles. The number of alkyl halides is 2. The van der Waals surface area contributed by atoms with Crippen molar-refractivity contribution in [1.29, 1.82) is 0 Å². The summed E-state index contributed by atoms with van der Waals surface area (Å²) in [6.45, 7) is 3.99. The summed E-state index contributed by atoms with van der Waals surface area (Å²) >= 11 is 0. The van der Waals surface area contributed by atoms with Crippen molar-refractivity contribution in [2.24, 2.45) is 28.6 Å². The normalized spacial score (nSPS) is 44.4. The lowest BCUT2D eigenvalue weighted by atomic mass is 9.44. The number of halogens is 2. The van der Waals surface area contributed by atoms with E-state index in [2.05, 4.69) is 0 Å². The Morgan fingerprint density at radius 2 is 1.81 bits per heavy atom. The van der Waals surface area contributed by atoms with E-state index in [9.17, 15) is 24.6 Å². The molecule has 9 atom stereocenters. The molecule has 8 heteroatoms. The molecule has 6 nitrogen and oxygen atoms in total. The lowest BCUT2D eigenvalue weighted by Gasteiger charge is -2.63. The predicted octanol–water partition coefficient (Wildman–Crippen LogP) is 3.71. The Labute approximate surface area is 214 Å². The van der Waals surface area contributed by atoms with Crippen LogP contribution in [-0.4, -0.2) is 57.9 Å². The van der Waals surface area contributed by atoms with Gasteiger partial charge in [0.25, 0.3) is 0 Å². The molecule has 0 spiro atoms. The average molecular weight is 515 g/mol. The highest BCUT2D eigenvalue weighted by Crippen LogP contribution is 2.71. The zero-order valence-corrected chi connectivity index (χ0v) is 21.1. The number of ketones is 2. The van der Waals surface area contributed by atoms with E-state index in [1.807, 2.05) is 0 Å². The van der Waals surface area contributed by atoms with Crippen LogP contribution in [-0.2, 0) is 14.3 Å². The highest BCUT2D eigenvalue weighted by Gasteiger charge is 2.78. The van der Waals surface area contributed by atoms with Crippen molar-refractivity contribution >= 4 is 17.5 Å². The zero-order chi connectivity index (χ0) is 27.0. The van der Waals surface area contributed by atoms with Crippen molar-refractivity contribution in [2.75, 3.05) is 6.61 Å². The summed E-state index contributed by atoms with van der Waals surface area (Å²) in [7, 11) is 0. The van der Waals surface area contributed by atoms with Crippen molar-refractivity contribution in [2.45, 2.75) is 63.6 Å². The second kappa shape index (κ2) is 8.40. The molecule has 0 heterocycles. The maximum atomic E-state index is 17.4. The van der Waals surface area contributed by atoms with Gasteiger partial charge < -0.3 is 14.9 Å². The fourth-order valence-corrected chi connectivity index (χ4v) is 8.29. The van der Waals surface area contributed by atoms with Gasteiger partial charge in [-0.1, -0.05) is 38.1 Å². The maximum absolute atomic E-state index is 17.4. The van der Waals surface area contributed by atoms with Crippen molar-refractivity contribution in [1.82, 2.24) is 0 Å². The van der Waals surface area contributed by atoms with Gasteiger partial charge in [0.1, 0.15) is 12.8 Å². The van der Waals surface area contributed by atoms with Crippen LogP contribution < -0.4 is 0 Å². The van der Waals surface area contributed by atoms with E-state index in [0.717, 1.165) is 6.08 Å². The molecule has 37 heavy (non-hydrogen) atoms. The lowest BCUT2D eigenvalue weighted by molar-refractivity contribution is -0.224. The first-order valence-electron chi connectivity index (χ1n) is 12.8. The third-order valence-electron chi connectivity index (χ3n) is 9.99. The van der Waals surface area contributed by atoms with Gasteiger partial charge >= 0.3 is 5.97 Å². The molecular weight excluding hydrogens is 482 g/mol. The number of aliphatic hydroxyl groups is 2. The lowest BCUT2D eigenvalue weighted by Crippen LogP contribution is -2.71. The monoisotopic (exact) mass is 514 g/mol. The molecule has 4 aliphatic carbocycles. The number of Topliss-reactive ketones (excluding diaryl/α,β-unsaturated/α-hetero) is 1. The summed E-state index contributed by atoms with van der Waals surface area (Å²) in [6.07, 6.45) is 0.133. The van der Waals surface area contributed by atoms with E-state index in [1.165, 1.54) is 19.1 Å². The van der Waals surface area contributed by atoms with Crippen LogP contribution in [0.1, 0.15) is 50.4 Å². The second-order valence-electron chi connectivity index (χ2n) is 11.6. The first kappa shape index (κ1) is 25.9. The Morgan fingerprint density at radius 1 is 1.14 bits per heavy atom. The van der Waals surface area contributed by atoms with Gasteiger partial charge in [-0.05, 0) is 62.0 Å². The van der Waals surface area contributed by atoms with Crippen molar-refractivity contribution in [3.63, 3.8) is 0 Å². The van der Waals surface area contributed by atoms with Gasteiger partial charge in [0.05, 0.1) is 11.7 Å². The largest absolute Gasteiger partial charge is 0.446 e. The molecule has 2 unspecified atom stereocenters. The van der Waals surface area contributed by atoms with Crippen LogP contribution >= 0.6 is 0 Å². The van der Waals surface area contributed by atoms with Crippen LogP contribution in [0, 0.1) is 28.6 Å². The average Bonchev–Trinajstić information content (AvgIpc) is 3.09. The molecule has 5 rings (SSSR count). The molecule has 4 aliphatic rings. The molecule has 0 aromatic heterocycles. The van der Waals surface area contributed by atoms with Gasteiger partial charge in [-0.3, -0.25) is 9.59 Å². The van der Waals surface area contributed by atoms with Gasteiger partial charge in [0, 0.05) is 22.7 Å². The summed E-state index contributed by atoms with van der Waals surface area (Å²) in [6, 6.07) is 8.12. The number of hydrogen-bond donors (Lipinski definition) is 2. The molecule has 3 saturated carbocycles. The second-order valence-corrected chi connectivity index (χ2v) is 11.6. The molecule has 1 aromatic carbocycles. The van der Waals surface area contributed by atoms with E-state index in [0.29, 0.717) is 0 Å². The molecule has 2 N–H and O–H groups in total. The molecule has 0 bridgehead atoms. The molecule has 0 amide bonds. The van der Waals surface area contributed by atoms with Crippen LogP contribution in [0.15, 0.2) is 54.1 Å². The SMILES string of the molecule is CC1C[C@H]2[C@@H]3CC(F)C4=CC(=O)C=C[C@]4(C)[C@@]3(F)[C@@H](O)C[C@]2(C)[C@]1(OC(=O)c1ccccc1)C(=O)CO. The Kier molecular flexibility index (Phi) is 5.88. The van der Waals surface area contributed by atoms with Gasteiger partial charge in [-0.2, -0.15) is 0 Å². The summed E-state index contributed by atoms with van der Waals surface area (Å²) in [5, 5.41) is 21.5. The van der Waals surface area contributed by atoms with E-state index < -0.39 is 76.3 Å². The minimum absolute atomic E-state index is 0.0145. The van der Waals surface area contributed by atoms with E-state index in [-0.39, 0.29) is 30.4 Å². The Balaban J connectivity index is 1.63. The summed E-state index contributed by atoms with van der Waals surface area (Å²) in [5.41, 5.74) is -6.76. The third-order valence-corrected chi connectivity index (χ3v) is 9.99. The smallest absolute Gasteiger partial charge is 0.339 e. The van der Waals surface area contributed by atoms with Crippen molar-refractivity contribution < 1.29 is 38.1 Å². The minimum atomic E-state index is -2.32. The molecule has 0 aliphatic heterocycles. The standard InChI is InChI=1S/C29H32F2O6/c1-16-11-19-20-13-22(30)21-12-18(33)9-10-26(21,2)28(20,31)23(34)14-27(19,3)29(16,24(35)15-32)37-25(36)17-7-5-4-6-8-17/h4-10,12,16,19-20,22-23,32,34H,11,13-15H2,1-3H3/t16?,19-,20-,22?,23-,26-,27-,28-,29+/m0/s1. The van der Waals surface area contributed by atoms with Crippen molar-refractivity contribution in [3.8, 4) is 0 Å². The number of esters is 1. The summed E-state index contributed by atoms with van der Waals surface area (Å²) in [4.78, 5) is 38.7. The van der Waals surface area contributed by atoms with Crippen LogP contribution in [0.4, 0.5) is 8.78 Å². The highest BCUT2D eigenvalue weighted by atomic mass is 19.1. The first-order chi connectivity index (χ1) is 17.4. The summed E-state index contributed by atoms with van der Waals surface area (Å²) < 4.78 is 39.0. The third kappa shape index (κ3) is 3.18. The van der Waals surface area contributed by atoms with Crippen LogP contribution in [0.5, 0.6) is 0 Å². The van der Waals surface area contributed by atoms with Gasteiger partial charge in [0.2, 0.25) is 5.78 Å². The number of aliphatic hydroxyl groups excluding tert-OH is 2. The Bertz CT molecular complexity index is 1210. The number of benzene rings is 1. The van der Waals surface area contributed by atoms with Crippen molar-refractivity contribution in [3.05, 3.63) is 59.7 Å². The van der Waals surface area contributed by atoms with E-state index >= 15 is 8.78 Å². The Morgan fingerprint density at radius 3 is 2.46 bits per heavy atom. The number of ether oxygens (including phenoxy) is 1. The summed E-state index contributed by atoms with van der Waals surface area (Å²) in [5.74, 6) is -4.21. The quantitative estimate of drug-likeness (QED) is 0.595. The van der Waals surface area contributed by atoms with Crippen LogP contribution in [0.3, 0.4) is 0 Å². The minimum Gasteiger partial charge on any atom is -0.446 e. The van der Waals surface area contributed by atoms with E-state index in [4.69, 9.17) is 4.74 Å². The molecule has 1 aromatic rings. The maximum Gasteiger partial charge on any atom is 0.339 e. The zero-order valence-electron chi connectivity index (χ0n) is 21.1. The van der Waals surface area contributed by atoms with Crippen LogP contribution in [0.25, 0.3) is 0 Å². The predicted molar refractivity (Wildman–Crippen MR) is 130 cm³/mol. The number of rotatable bonds is 4. The number of carbonyl (C=O) groups excluding carboxylic acids is 3. The fraction of sp³-hybridized carbons (Fsp3) is 0.552. The van der Waals surface area contributed by atoms with Crippen LogP contribution in [0.2, 0.25) is 0 Å². The Hall–Kier alpha value is -2.71. The molecule has 3 fully saturated rings. The van der Waals surface area contributed by atoms with Gasteiger partial charge in [-0.15, -0.1) is 0 Å². The number of hydrogen-bond acceptors (Lipinski definition) is 6. The number of fused-ring (bicyclic) bond motifs is 5. The molecular formula is C29H32F2O6. The van der Waals surface area contributed by atoms with Gasteiger partial charge in [-0.25, -0.2) is 13.6 Å². The van der Waals surface area contributed by atoms with E-state index in [1.54, 1.807) is 44.2 Å². The number of allylic oxidation sites excluding steroid dienone is 4. The number of carbonyl (C=O) groups is 3. The van der Waals surface area contributed by atoms with Gasteiger partial charge in [0.15, 0.2) is 17.1 Å². The molecule has 0 radical (unpaired) electrons. The fourth-order valence-electron chi connectivity index (χ4n) is 8.29. The molecule has 198 valence electrons. The first-order valence-corrected chi connectivity index (χ1v) is 12.8.